The van der Waals surface area contributed by atoms with E-state index < -0.39 is 0 Å². The second kappa shape index (κ2) is 8.91. The highest BCUT2D eigenvalue weighted by atomic mass is 35.5. The molecule has 2 nitrogen and oxygen atoms in total. The number of benzene rings is 2. The summed E-state index contributed by atoms with van der Waals surface area (Å²) in [7, 11) is 3.80. The quantitative estimate of drug-likeness (QED) is 0.643. The SMILES string of the molecule is CN(C)/C=C\C(=O)C(Cc1ccc(Cl)cc1)Cc1ccc(Cl)cc1. The van der Waals surface area contributed by atoms with Gasteiger partial charge in [0.1, 0.15) is 0 Å². The van der Waals surface area contributed by atoms with Gasteiger partial charge in [-0.25, -0.2) is 0 Å². The van der Waals surface area contributed by atoms with Crippen molar-refractivity contribution < 1.29 is 4.79 Å². The Morgan fingerprint density at radius 2 is 1.33 bits per heavy atom. The van der Waals surface area contributed by atoms with Crippen molar-refractivity contribution in [3.63, 3.8) is 0 Å². The van der Waals surface area contributed by atoms with Crippen LogP contribution in [-0.4, -0.2) is 24.8 Å². The van der Waals surface area contributed by atoms with Crippen molar-refractivity contribution in [1.82, 2.24) is 4.90 Å². The first kappa shape index (κ1) is 18.6. The summed E-state index contributed by atoms with van der Waals surface area (Å²) in [4.78, 5) is 14.5. The zero-order chi connectivity index (χ0) is 17.5. The Morgan fingerprint density at radius 3 is 1.71 bits per heavy atom. The molecule has 24 heavy (non-hydrogen) atoms. The molecular formula is C20H21Cl2NO. The number of halogens is 2. The normalized spacial score (nSPS) is 11.2. The minimum Gasteiger partial charge on any atom is -0.383 e. The van der Waals surface area contributed by atoms with E-state index in [0.717, 1.165) is 11.1 Å². The Balaban J connectivity index is 2.17. The zero-order valence-electron chi connectivity index (χ0n) is 13.9. The van der Waals surface area contributed by atoms with Crippen molar-refractivity contribution in [2.24, 2.45) is 5.92 Å². The maximum atomic E-state index is 12.6. The van der Waals surface area contributed by atoms with Gasteiger partial charge < -0.3 is 4.90 Å². The first-order valence-electron chi connectivity index (χ1n) is 7.81. The summed E-state index contributed by atoms with van der Waals surface area (Å²) in [5.74, 6) is -0.00264. The van der Waals surface area contributed by atoms with E-state index in [1.54, 1.807) is 12.3 Å². The molecule has 2 aromatic rings. The maximum absolute atomic E-state index is 12.6. The van der Waals surface area contributed by atoms with Crippen LogP contribution in [0.15, 0.2) is 60.8 Å². The van der Waals surface area contributed by atoms with Crippen LogP contribution >= 0.6 is 23.2 Å². The topological polar surface area (TPSA) is 20.3 Å². The number of hydrogen-bond donors (Lipinski definition) is 0. The molecule has 0 heterocycles. The van der Waals surface area contributed by atoms with Crippen LogP contribution in [0.4, 0.5) is 0 Å². The van der Waals surface area contributed by atoms with Crippen LogP contribution in [0.2, 0.25) is 10.0 Å². The van der Waals surface area contributed by atoms with E-state index >= 15 is 0 Å². The fourth-order valence-electron chi connectivity index (χ4n) is 2.44. The van der Waals surface area contributed by atoms with Gasteiger partial charge in [0.05, 0.1) is 0 Å². The molecule has 126 valence electrons. The number of nitrogens with zero attached hydrogens (tertiary/aromatic N) is 1. The van der Waals surface area contributed by atoms with Crippen LogP contribution in [0.25, 0.3) is 0 Å². The minimum absolute atomic E-state index is 0.119. The summed E-state index contributed by atoms with van der Waals surface area (Å²) in [6.45, 7) is 0. The van der Waals surface area contributed by atoms with Crippen molar-refractivity contribution in [2.75, 3.05) is 14.1 Å². The van der Waals surface area contributed by atoms with Crippen molar-refractivity contribution in [3.05, 3.63) is 82.0 Å². The molecule has 0 unspecified atom stereocenters. The Hall–Kier alpha value is -1.77. The van der Waals surface area contributed by atoms with Gasteiger partial charge in [0.25, 0.3) is 0 Å². The molecule has 0 aliphatic carbocycles. The molecule has 0 saturated carbocycles. The standard InChI is InChI=1S/C20H21Cl2NO/c1-23(2)12-11-20(24)17(13-15-3-7-18(21)8-4-15)14-16-5-9-19(22)10-6-16/h3-12,17H,13-14H2,1-2H3/b12-11-. The van der Waals surface area contributed by atoms with Crippen molar-refractivity contribution in [1.29, 1.82) is 0 Å². The van der Waals surface area contributed by atoms with Crippen LogP contribution in [0, 0.1) is 5.92 Å². The molecule has 2 aromatic carbocycles. The molecule has 0 bridgehead atoms. The van der Waals surface area contributed by atoms with E-state index in [1.165, 1.54) is 0 Å². The third-order valence-corrected chi connectivity index (χ3v) is 4.23. The van der Waals surface area contributed by atoms with Gasteiger partial charge in [-0.1, -0.05) is 47.5 Å². The molecule has 0 aliphatic heterocycles. The lowest BCUT2D eigenvalue weighted by Crippen LogP contribution is -2.19. The summed E-state index contributed by atoms with van der Waals surface area (Å²) in [6, 6.07) is 15.3. The third kappa shape index (κ3) is 6.03. The van der Waals surface area contributed by atoms with Gasteiger partial charge in [-0.15, -0.1) is 0 Å². The average Bonchev–Trinajstić information content (AvgIpc) is 2.56. The highest BCUT2D eigenvalue weighted by Crippen LogP contribution is 2.20. The molecule has 4 heteroatoms. The van der Waals surface area contributed by atoms with E-state index in [1.807, 2.05) is 67.5 Å². The van der Waals surface area contributed by atoms with Crippen molar-refractivity contribution >= 4 is 29.0 Å². The molecule has 0 amide bonds. The van der Waals surface area contributed by atoms with E-state index in [9.17, 15) is 4.79 Å². The Bertz CT molecular complexity index is 643. The smallest absolute Gasteiger partial charge is 0.160 e. The van der Waals surface area contributed by atoms with Crippen molar-refractivity contribution in [2.45, 2.75) is 12.8 Å². The van der Waals surface area contributed by atoms with Crippen LogP contribution in [0.1, 0.15) is 11.1 Å². The van der Waals surface area contributed by atoms with E-state index in [2.05, 4.69) is 0 Å². The fourth-order valence-corrected chi connectivity index (χ4v) is 2.69. The predicted molar refractivity (Wildman–Crippen MR) is 102 cm³/mol. The molecule has 0 fully saturated rings. The van der Waals surface area contributed by atoms with E-state index in [0.29, 0.717) is 22.9 Å². The number of hydrogen-bond acceptors (Lipinski definition) is 2. The Morgan fingerprint density at radius 1 is 0.917 bits per heavy atom. The summed E-state index contributed by atoms with van der Waals surface area (Å²) >= 11 is 11.9. The number of ketones is 1. The summed E-state index contributed by atoms with van der Waals surface area (Å²) in [6.07, 6.45) is 4.79. The highest BCUT2D eigenvalue weighted by molar-refractivity contribution is 6.30. The molecule has 0 aromatic heterocycles. The predicted octanol–water partition coefficient (Wildman–Crippen LogP) is 5.04. The van der Waals surface area contributed by atoms with Crippen LogP contribution in [-0.2, 0) is 17.6 Å². The van der Waals surface area contributed by atoms with Gasteiger partial charge >= 0.3 is 0 Å². The van der Waals surface area contributed by atoms with Gasteiger partial charge in [0, 0.05) is 36.3 Å². The number of carbonyl (C=O) groups is 1. The lowest BCUT2D eigenvalue weighted by Gasteiger charge is -2.15. The molecule has 0 atom stereocenters. The second-order valence-corrected chi connectivity index (χ2v) is 6.91. The molecule has 2 rings (SSSR count). The van der Waals surface area contributed by atoms with Gasteiger partial charge in [-0.05, 0) is 54.3 Å². The monoisotopic (exact) mass is 361 g/mol. The first-order chi connectivity index (χ1) is 11.4. The molecule has 0 N–H and O–H groups in total. The fraction of sp³-hybridized carbons (Fsp3) is 0.250. The molecule has 0 radical (unpaired) electrons. The molecule has 0 saturated heterocycles. The molecule has 0 spiro atoms. The average molecular weight is 362 g/mol. The largest absolute Gasteiger partial charge is 0.383 e. The summed E-state index contributed by atoms with van der Waals surface area (Å²) in [5, 5.41) is 1.40. The summed E-state index contributed by atoms with van der Waals surface area (Å²) in [5.41, 5.74) is 2.20. The summed E-state index contributed by atoms with van der Waals surface area (Å²) < 4.78 is 0. The number of rotatable bonds is 7. The number of allylic oxidation sites excluding steroid dienone is 1. The lowest BCUT2D eigenvalue weighted by atomic mass is 9.89. The number of carbonyl (C=O) groups excluding carboxylic acids is 1. The van der Waals surface area contributed by atoms with Gasteiger partial charge in [-0.2, -0.15) is 0 Å². The molecule has 0 aliphatic rings. The highest BCUT2D eigenvalue weighted by Gasteiger charge is 2.17. The van der Waals surface area contributed by atoms with Crippen LogP contribution in [0.5, 0.6) is 0 Å². The van der Waals surface area contributed by atoms with Crippen LogP contribution in [0.3, 0.4) is 0 Å². The maximum Gasteiger partial charge on any atom is 0.160 e. The van der Waals surface area contributed by atoms with E-state index in [4.69, 9.17) is 23.2 Å². The van der Waals surface area contributed by atoms with Crippen LogP contribution < -0.4 is 0 Å². The van der Waals surface area contributed by atoms with Gasteiger partial charge in [0.15, 0.2) is 5.78 Å². The Kier molecular flexibility index (Phi) is 6.89. The van der Waals surface area contributed by atoms with E-state index in [-0.39, 0.29) is 11.7 Å². The lowest BCUT2D eigenvalue weighted by molar-refractivity contribution is -0.118. The Labute approximate surface area is 153 Å². The zero-order valence-corrected chi connectivity index (χ0v) is 15.4. The van der Waals surface area contributed by atoms with Gasteiger partial charge in [0.2, 0.25) is 0 Å². The first-order valence-corrected chi connectivity index (χ1v) is 8.57. The minimum atomic E-state index is -0.122. The van der Waals surface area contributed by atoms with Crippen molar-refractivity contribution in [3.8, 4) is 0 Å². The molecular weight excluding hydrogens is 341 g/mol. The second-order valence-electron chi connectivity index (χ2n) is 6.04. The third-order valence-electron chi connectivity index (χ3n) is 3.73. The van der Waals surface area contributed by atoms with Gasteiger partial charge in [-0.3, -0.25) is 4.79 Å².